The van der Waals surface area contributed by atoms with Crippen LogP contribution in [-0.2, 0) is 0 Å². The molecule has 0 spiro atoms. The number of unbranched alkanes of at least 4 members (excludes halogenated alkanes) is 1. The molecule has 0 aromatic heterocycles. The molecule has 1 aromatic carbocycles. The molecule has 1 aliphatic rings. The quantitative estimate of drug-likeness (QED) is 0.400. The lowest BCUT2D eigenvalue weighted by Gasteiger charge is -2.41. The van der Waals surface area contributed by atoms with E-state index in [0.29, 0.717) is 18.1 Å². The topological polar surface area (TPSA) is 90.1 Å². The van der Waals surface area contributed by atoms with Gasteiger partial charge in [0.15, 0.2) is 0 Å². The second kappa shape index (κ2) is 9.44. The number of benzene rings is 1. The molecule has 0 saturated carbocycles. The van der Waals surface area contributed by atoms with Gasteiger partial charge in [0.1, 0.15) is 4.32 Å². The van der Waals surface area contributed by atoms with E-state index in [1.165, 1.54) is 36.0 Å². The number of nitro benzene ring substituents is 1. The minimum absolute atomic E-state index is 0.0267. The van der Waals surface area contributed by atoms with Crippen molar-refractivity contribution in [1.29, 1.82) is 0 Å². The first-order valence-electron chi connectivity index (χ1n) is 8.17. The molecule has 1 heterocycles. The zero-order chi connectivity index (χ0) is 18.4. The Morgan fingerprint density at radius 1 is 1.40 bits per heavy atom. The molecule has 0 radical (unpaired) electrons. The average Bonchev–Trinajstić information content (AvgIpc) is 2.62. The predicted molar refractivity (Wildman–Crippen MR) is 102 cm³/mol. The summed E-state index contributed by atoms with van der Waals surface area (Å²) in [5, 5.41) is 31.2. The van der Waals surface area contributed by atoms with Gasteiger partial charge in [0, 0.05) is 18.7 Å². The maximum Gasteiger partial charge on any atom is 0.269 e. The lowest BCUT2D eigenvalue weighted by atomic mass is 10.0. The molecule has 2 rings (SSSR count). The maximum atomic E-state index is 10.7. The molecule has 138 valence electrons. The normalized spacial score (nSPS) is 18.2. The highest BCUT2D eigenvalue weighted by molar-refractivity contribution is 8.22. The lowest BCUT2D eigenvalue weighted by Crippen LogP contribution is -2.52. The molecule has 2 N–H and O–H groups in total. The highest BCUT2D eigenvalue weighted by atomic mass is 32.2. The first-order chi connectivity index (χ1) is 12.0. The minimum Gasteiger partial charge on any atom is -0.395 e. The number of thiocarbonyl (C=S) groups is 1. The van der Waals surface area contributed by atoms with Crippen molar-refractivity contribution in [2.24, 2.45) is 0 Å². The van der Waals surface area contributed by atoms with Crippen molar-refractivity contribution in [2.45, 2.75) is 31.9 Å². The Balaban J connectivity index is 2.09. The van der Waals surface area contributed by atoms with Gasteiger partial charge < -0.3 is 15.1 Å². The van der Waals surface area contributed by atoms with Gasteiger partial charge in [-0.3, -0.25) is 15.0 Å². The van der Waals surface area contributed by atoms with Gasteiger partial charge in [-0.05, 0) is 24.1 Å². The van der Waals surface area contributed by atoms with Crippen LogP contribution in [0.5, 0.6) is 0 Å². The second-order valence-corrected chi connectivity index (χ2v) is 7.51. The molecule has 2 atom stereocenters. The number of nitrogens with zero attached hydrogens (tertiary/aromatic N) is 3. The summed E-state index contributed by atoms with van der Waals surface area (Å²) in [5.74, 6) is 0.594. The van der Waals surface area contributed by atoms with E-state index in [2.05, 4.69) is 11.8 Å². The summed E-state index contributed by atoms with van der Waals surface area (Å²) < 4.78 is 0.839. The van der Waals surface area contributed by atoms with Gasteiger partial charge in [-0.2, -0.15) is 0 Å². The zero-order valence-electron chi connectivity index (χ0n) is 14.1. The third-order valence-corrected chi connectivity index (χ3v) is 5.79. The largest absolute Gasteiger partial charge is 0.395 e. The Hall–Kier alpha value is -1.26. The van der Waals surface area contributed by atoms with Crippen LogP contribution >= 0.6 is 24.0 Å². The van der Waals surface area contributed by atoms with Gasteiger partial charge >= 0.3 is 0 Å². The summed E-state index contributed by atoms with van der Waals surface area (Å²) >= 11 is 6.91. The van der Waals surface area contributed by atoms with Crippen molar-refractivity contribution in [2.75, 3.05) is 25.7 Å². The van der Waals surface area contributed by atoms with Gasteiger partial charge in [-0.1, -0.05) is 37.3 Å². The van der Waals surface area contributed by atoms with E-state index in [-0.39, 0.29) is 12.3 Å². The van der Waals surface area contributed by atoms with Crippen LogP contribution in [0, 0.1) is 10.1 Å². The summed E-state index contributed by atoms with van der Waals surface area (Å²) in [6, 6.07) is 5.28. The van der Waals surface area contributed by atoms with E-state index in [4.69, 9.17) is 12.2 Å². The first-order valence-corrected chi connectivity index (χ1v) is 9.56. The van der Waals surface area contributed by atoms with Crippen LogP contribution in [-0.4, -0.2) is 61.0 Å². The van der Waals surface area contributed by atoms with Crippen molar-refractivity contribution in [1.82, 2.24) is 9.80 Å². The zero-order valence-corrected chi connectivity index (χ0v) is 15.7. The fourth-order valence-corrected chi connectivity index (χ4v) is 3.88. The van der Waals surface area contributed by atoms with Crippen molar-refractivity contribution in [3.63, 3.8) is 0 Å². The predicted octanol–water partition coefficient (Wildman–Crippen LogP) is 2.34. The van der Waals surface area contributed by atoms with Crippen molar-refractivity contribution in [3.05, 3.63) is 39.9 Å². The number of hydrogen-bond acceptors (Lipinski definition) is 7. The molecule has 0 bridgehead atoms. The molecule has 1 aromatic rings. The maximum absolute atomic E-state index is 10.7. The number of rotatable bonds is 8. The Kier molecular flexibility index (Phi) is 7.57. The van der Waals surface area contributed by atoms with E-state index in [0.717, 1.165) is 23.7 Å². The van der Waals surface area contributed by atoms with E-state index in [1.54, 1.807) is 0 Å². The monoisotopic (exact) mass is 385 g/mol. The second-order valence-electron chi connectivity index (χ2n) is 5.93. The van der Waals surface area contributed by atoms with Crippen LogP contribution in [0.25, 0.3) is 0 Å². The summed E-state index contributed by atoms with van der Waals surface area (Å²) in [4.78, 5) is 14.3. The summed E-state index contributed by atoms with van der Waals surface area (Å²) in [6.07, 6.45) is 1.16. The van der Waals surface area contributed by atoms with Crippen LogP contribution in [0.3, 0.4) is 0 Å². The molecular weight excluding hydrogens is 362 g/mol. The number of hydrogen-bond donors (Lipinski definition) is 2. The van der Waals surface area contributed by atoms with Crippen LogP contribution in [0.15, 0.2) is 24.3 Å². The number of thioether (sulfide) groups is 1. The third kappa shape index (κ3) is 5.11. The molecule has 0 unspecified atom stereocenters. The molecule has 1 aliphatic heterocycles. The highest BCUT2D eigenvalue weighted by Crippen LogP contribution is 2.28. The van der Waals surface area contributed by atoms with Crippen LogP contribution in [0.2, 0.25) is 0 Å². The standard InChI is InChI=1S/C16H23N3O4S2/c1-2-3-8-17-10-18(11-25-16(17)24)14(9-20)15(21)12-4-6-13(7-5-12)19(22)23/h4-7,14-15,20-21H,2-3,8-11H2,1H3/t14-,15-/m0/s1. The SMILES string of the molecule is CCCCN1CN([C@@H](CO)[C@@H](O)c2ccc([N+](=O)[O-])cc2)CSC1=S. The van der Waals surface area contributed by atoms with Crippen LogP contribution < -0.4 is 0 Å². The summed E-state index contributed by atoms with van der Waals surface area (Å²) in [5.41, 5.74) is 0.518. The number of aliphatic hydroxyl groups is 2. The molecule has 25 heavy (non-hydrogen) atoms. The molecule has 1 saturated heterocycles. The molecule has 1 fully saturated rings. The summed E-state index contributed by atoms with van der Waals surface area (Å²) in [7, 11) is 0. The smallest absolute Gasteiger partial charge is 0.269 e. The molecule has 0 amide bonds. The van der Waals surface area contributed by atoms with E-state index < -0.39 is 17.1 Å². The van der Waals surface area contributed by atoms with Crippen molar-refractivity contribution >= 4 is 34.0 Å². The van der Waals surface area contributed by atoms with E-state index >= 15 is 0 Å². The van der Waals surface area contributed by atoms with Crippen LogP contribution in [0.4, 0.5) is 5.69 Å². The minimum atomic E-state index is -0.939. The van der Waals surface area contributed by atoms with Crippen molar-refractivity contribution in [3.8, 4) is 0 Å². The van der Waals surface area contributed by atoms with Gasteiger partial charge in [0.25, 0.3) is 5.69 Å². The molecule has 7 nitrogen and oxygen atoms in total. The van der Waals surface area contributed by atoms with Gasteiger partial charge in [-0.15, -0.1) is 0 Å². The number of nitro groups is 1. The average molecular weight is 386 g/mol. The Morgan fingerprint density at radius 2 is 2.08 bits per heavy atom. The number of aliphatic hydroxyl groups excluding tert-OH is 2. The highest BCUT2D eigenvalue weighted by Gasteiger charge is 2.32. The van der Waals surface area contributed by atoms with Crippen molar-refractivity contribution < 1.29 is 15.1 Å². The molecular formula is C16H23N3O4S2. The Morgan fingerprint density at radius 3 is 2.64 bits per heavy atom. The third-order valence-electron chi connectivity index (χ3n) is 4.21. The first kappa shape index (κ1) is 20.1. The van der Waals surface area contributed by atoms with E-state index in [9.17, 15) is 20.3 Å². The Bertz CT molecular complexity index is 600. The Labute approximate surface area is 156 Å². The van der Waals surface area contributed by atoms with Gasteiger partial charge in [0.2, 0.25) is 0 Å². The molecule has 9 heteroatoms. The lowest BCUT2D eigenvalue weighted by molar-refractivity contribution is -0.384. The van der Waals surface area contributed by atoms with E-state index in [1.807, 2.05) is 4.90 Å². The fourth-order valence-electron chi connectivity index (χ4n) is 2.69. The molecule has 0 aliphatic carbocycles. The van der Waals surface area contributed by atoms with Crippen LogP contribution in [0.1, 0.15) is 31.4 Å². The fraction of sp³-hybridized carbons (Fsp3) is 0.562. The summed E-state index contributed by atoms with van der Waals surface area (Å²) in [6.45, 7) is 3.31. The number of non-ortho nitro benzene ring substituents is 1. The van der Waals surface area contributed by atoms with Gasteiger partial charge in [0.05, 0.1) is 36.2 Å². The van der Waals surface area contributed by atoms with Gasteiger partial charge in [-0.25, -0.2) is 0 Å².